The van der Waals surface area contributed by atoms with Gasteiger partial charge in [0.05, 0.1) is 0 Å². The van der Waals surface area contributed by atoms with Crippen molar-refractivity contribution >= 4 is 15.6 Å². The van der Waals surface area contributed by atoms with Crippen LogP contribution in [0.15, 0.2) is 15.8 Å². The molecule has 28 heavy (non-hydrogen) atoms. The molecule has 1 aliphatic rings. The Morgan fingerprint density at radius 3 is 2.29 bits per heavy atom. The van der Waals surface area contributed by atoms with Crippen LogP contribution in [0.25, 0.3) is 0 Å². The smallest absolute Gasteiger partial charge is 0.387 e. The highest BCUT2D eigenvalue weighted by molar-refractivity contribution is 7.46. The zero-order chi connectivity index (χ0) is 21.4. The summed E-state index contributed by atoms with van der Waals surface area (Å²) < 4.78 is 35.4. The summed E-state index contributed by atoms with van der Waals surface area (Å²) in [5, 5.41) is 20.2. The van der Waals surface area contributed by atoms with Crippen LogP contribution in [-0.2, 0) is 28.0 Å². The van der Waals surface area contributed by atoms with Crippen molar-refractivity contribution in [3.05, 3.63) is 32.6 Å². The highest BCUT2D eigenvalue weighted by Gasteiger charge is 2.51. The Morgan fingerprint density at radius 1 is 1.14 bits per heavy atom. The average molecular weight is 450 g/mol. The second-order valence-electron chi connectivity index (χ2n) is 5.58. The van der Waals surface area contributed by atoms with Gasteiger partial charge in [0.1, 0.15) is 18.3 Å². The summed E-state index contributed by atoms with van der Waals surface area (Å²) in [6, 6.07) is 0. The van der Waals surface area contributed by atoms with Gasteiger partial charge in [0.2, 0.25) is 6.29 Å². The first-order chi connectivity index (χ1) is 12.7. The summed E-state index contributed by atoms with van der Waals surface area (Å²) in [7, 11) is -10.7. The molecule has 0 bridgehead atoms. The van der Waals surface area contributed by atoms with E-state index in [1.165, 1.54) is 6.92 Å². The van der Waals surface area contributed by atoms with E-state index < -0.39 is 57.7 Å². The molecule has 2 rings (SSSR count). The van der Waals surface area contributed by atoms with Crippen molar-refractivity contribution in [2.24, 2.45) is 0 Å². The van der Waals surface area contributed by atoms with Crippen molar-refractivity contribution in [3.8, 4) is 0 Å². The Kier molecular flexibility index (Phi) is 6.77. The van der Waals surface area contributed by atoms with E-state index in [1.807, 2.05) is 4.98 Å². The number of aryl methyl sites for hydroxylation is 1. The van der Waals surface area contributed by atoms with Crippen LogP contribution in [0.5, 0.6) is 0 Å². The lowest BCUT2D eigenvalue weighted by Crippen LogP contribution is -2.41. The predicted octanol–water partition coefficient (Wildman–Crippen LogP) is -3.06. The molecule has 0 aromatic carbocycles. The number of phosphoric ester groups is 1. The van der Waals surface area contributed by atoms with Crippen LogP contribution in [0.2, 0.25) is 0 Å². The molecule has 0 spiro atoms. The van der Waals surface area contributed by atoms with Gasteiger partial charge in [-0.1, -0.05) is 0 Å². The van der Waals surface area contributed by atoms with E-state index in [-0.39, 0.29) is 5.56 Å². The van der Waals surface area contributed by atoms with E-state index in [0.29, 0.717) is 4.57 Å². The molecule has 1 aliphatic heterocycles. The van der Waals surface area contributed by atoms with Crippen molar-refractivity contribution in [3.63, 3.8) is 0 Å². The van der Waals surface area contributed by atoms with Crippen LogP contribution in [0.4, 0.5) is 0 Å². The summed E-state index contributed by atoms with van der Waals surface area (Å²) in [5.41, 5.74) is -1.75. The van der Waals surface area contributed by atoms with Crippen LogP contribution >= 0.6 is 15.6 Å². The fourth-order valence-electron chi connectivity index (χ4n) is 2.28. The van der Waals surface area contributed by atoms with Gasteiger partial charge in [-0.3, -0.25) is 18.9 Å². The first-order valence-corrected chi connectivity index (χ1v) is 10.2. The van der Waals surface area contributed by atoms with Crippen molar-refractivity contribution in [1.29, 1.82) is 0 Å². The third-order valence-electron chi connectivity index (χ3n) is 3.44. The van der Waals surface area contributed by atoms with Crippen LogP contribution in [-0.4, -0.2) is 63.9 Å². The molecule has 0 saturated carbocycles. The van der Waals surface area contributed by atoms with Gasteiger partial charge in [-0.2, -0.15) is 4.89 Å². The molecule has 1 unspecified atom stereocenters. The Labute approximate surface area is 154 Å². The second-order valence-corrected chi connectivity index (χ2v) is 7.90. The van der Waals surface area contributed by atoms with Crippen molar-refractivity contribution in [2.45, 2.75) is 37.8 Å². The first kappa shape index (κ1) is 23.0. The van der Waals surface area contributed by atoms with Crippen LogP contribution in [0.3, 0.4) is 0 Å². The van der Waals surface area contributed by atoms with Crippen molar-refractivity contribution in [1.82, 2.24) is 9.55 Å². The molecule has 2 heterocycles. The number of phosphoric acid groups is 2. The Hall–Kier alpha value is -1.26. The number of aliphatic hydroxyl groups is 2. The molecule has 5 atom stereocenters. The lowest BCUT2D eigenvalue weighted by Gasteiger charge is -2.24. The maximum atomic E-state index is 11.9. The number of H-pyrrole nitrogens is 1. The van der Waals surface area contributed by atoms with Gasteiger partial charge >= 0.3 is 21.3 Å². The number of aliphatic hydroxyl groups excluding tert-OH is 2. The lowest BCUT2D eigenvalue weighted by molar-refractivity contribution is -0.338. The minimum absolute atomic E-state index is 0.0254. The highest BCUT2D eigenvalue weighted by Crippen LogP contribution is 2.44. The number of rotatable bonds is 7. The summed E-state index contributed by atoms with van der Waals surface area (Å²) in [6.45, 7) is 1.32. The van der Waals surface area contributed by atoms with Gasteiger partial charge in [-0.15, -0.1) is 4.67 Å². The van der Waals surface area contributed by atoms with Crippen LogP contribution in [0.1, 0.15) is 11.8 Å². The van der Waals surface area contributed by atoms with E-state index >= 15 is 0 Å². The molecule has 1 aromatic heterocycles. The number of nitrogens with zero attached hydrogens (tertiary/aromatic N) is 1. The first-order valence-electron chi connectivity index (χ1n) is 7.18. The van der Waals surface area contributed by atoms with Gasteiger partial charge in [0.25, 0.3) is 5.56 Å². The summed E-state index contributed by atoms with van der Waals surface area (Å²) in [6.07, 6.45) is -9.07. The van der Waals surface area contributed by atoms with Gasteiger partial charge in [0, 0.05) is 11.8 Å². The largest absolute Gasteiger partial charge is 0.496 e. The third-order valence-corrected chi connectivity index (χ3v) is 4.20. The number of hydrogen-bond acceptors (Lipinski definition) is 10. The topological polar surface area (TPSA) is 247 Å². The fraction of sp³-hybridized carbons (Fsp3) is 0.600. The van der Waals surface area contributed by atoms with Gasteiger partial charge in [-0.05, 0) is 6.92 Å². The van der Waals surface area contributed by atoms with Gasteiger partial charge in [-0.25, -0.2) is 13.9 Å². The fourth-order valence-corrected chi connectivity index (χ4v) is 2.90. The summed E-state index contributed by atoms with van der Waals surface area (Å²) in [4.78, 5) is 64.4. The maximum Gasteiger partial charge on any atom is 0.496 e. The van der Waals surface area contributed by atoms with Crippen LogP contribution in [0, 0.1) is 6.92 Å². The monoisotopic (exact) mass is 450 g/mol. The summed E-state index contributed by atoms with van der Waals surface area (Å²) >= 11 is 0. The Bertz CT molecular complexity index is 915. The predicted molar refractivity (Wildman–Crippen MR) is 83.1 cm³/mol. The molecule has 0 radical (unpaired) electrons. The molecule has 0 aliphatic carbocycles. The molecule has 16 nitrogen and oxygen atoms in total. The zero-order valence-corrected chi connectivity index (χ0v) is 15.5. The van der Waals surface area contributed by atoms with Gasteiger partial charge < -0.3 is 34.5 Å². The van der Waals surface area contributed by atoms with Crippen LogP contribution < -0.4 is 11.2 Å². The van der Waals surface area contributed by atoms with E-state index in [0.717, 1.165) is 6.20 Å². The number of hydrogen-bond donors (Lipinski definition) is 7. The molecule has 0 amide bonds. The zero-order valence-electron chi connectivity index (χ0n) is 13.8. The standard InChI is InChI=1S/C10H16N2O14P2/c1-3-2-12(10(16)11-7(3)15)8-5(14)4(13)6(23-8)9(25-27(17,18)19)24-26-28(20,21)22/h2,4-6,8-9,13-14H,1H3,(H,11,15,16)(H2,17,18,19)(H2,20,21,22)/t4-,5+,6-,8+,9?/m0/s1. The molecular formula is C10H16N2O14P2. The number of ether oxygens (including phenoxy) is 1. The lowest BCUT2D eigenvalue weighted by atomic mass is 10.1. The van der Waals surface area contributed by atoms with Gasteiger partial charge in [0.15, 0.2) is 6.23 Å². The number of aromatic nitrogens is 2. The minimum Gasteiger partial charge on any atom is -0.387 e. The SMILES string of the molecule is Cc1cn([C@@H]2O[C@H](C(OOP(=O)(O)O)OP(=O)(O)O)[C@@H](O)[C@H]2O)c(=O)[nH]c1=O. The normalized spacial score (nSPS) is 27.1. The molecule has 18 heteroatoms. The molecular weight excluding hydrogens is 434 g/mol. The minimum atomic E-state index is -5.36. The quantitative estimate of drug-likeness (QED) is 0.0943. The van der Waals surface area contributed by atoms with E-state index in [9.17, 15) is 28.9 Å². The van der Waals surface area contributed by atoms with E-state index in [1.54, 1.807) is 0 Å². The molecule has 7 N–H and O–H groups in total. The van der Waals surface area contributed by atoms with E-state index in [4.69, 9.17) is 24.3 Å². The number of nitrogens with one attached hydrogen (secondary N) is 1. The Morgan fingerprint density at radius 2 is 1.75 bits per heavy atom. The Balaban J connectivity index is 2.34. The maximum absolute atomic E-state index is 11.9. The van der Waals surface area contributed by atoms with E-state index in [2.05, 4.69) is 14.1 Å². The molecule has 1 aromatic rings. The molecule has 1 saturated heterocycles. The summed E-state index contributed by atoms with van der Waals surface area (Å²) in [5.74, 6) is 0. The number of aromatic amines is 1. The van der Waals surface area contributed by atoms with Crippen molar-refractivity contribution < 1.29 is 57.7 Å². The average Bonchev–Trinajstić information content (AvgIpc) is 2.82. The molecule has 160 valence electrons. The highest BCUT2D eigenvalue weighted by atomic mass is 31.2. The second kappa shape index (κ2) is 8.23. The van der Waals surface area contributed by atoms with Crippen molar-refractivity contribution in [2.75, 3.05) is 0 Å². The molecule has 1 fully saturated rings. The third kappa shape index (κ3) is 5.64.